The molecule has 0 heterocycles. The van der Waals surface area contributed by atoms with Crippen molar-refractivity contribution >= 4 is 35.7 Å². The molecule has 257 valence electrons. The van der Waals surface area contributed by atoms with Crippen LogP contribution in [0.2, 0.25) is 0 Å². The van der Waals surface area contributed by atoms with E-state index in [0.717, 1.165) is 86.0 Å². The van der Waals surface area contributed by atoms with Crippen molar-refractivity contribution in [2.45, 2.75) is 93.9 Å². The minimum absolute atomic E-state index is 0. The fourth-order valence-corrected chi connectivity index (χ4v) is 4.45. The van der Waals surface area contributed by atoms with Gasteiger partial charge in [-0.05, 0) is 117 Å². The summed E-state index contributed by atoms with van der Waals surface area (Å²) >= 11 is 0. The van der Waals surface area contributed by atoms with Crippen LogP contribution in [-0.2, 0) is 52.1 Å². The topological polar surface area (TPSA) is 145 Å². The van der Waals surface area contributed by atoms with Gasteiger partial charge in [0.25, 0.3) is 0 Å². The Morgan fingerprint density at radius 2 is 1.04 bits per heavy atom. The fraction of sp³-hybridized carbons (Fsp3) is 0.421. The van der Waals surface area contributed by atoms with Gasteiger partial charge in [0.05, 0.1) is 11.4 Å². The molecule has 0 aliphatic carbocycles. The summed E-state index contributed by atoms with van der Waals surface area (Å²) in [6.45, 7) is 15.0. The quantitative estimate of drug-likeness (QED) is 0.210. The third-order valence-corrected chi connectivity index (χ3v) is 6.87. The zero-order chi connectivity index (χ0) is 34.8. The standard InChI is InChI=1S/C34H44N2O2.2C2H4O2.Co/c1-7-27-16-25(14-12-23(3)4)18-29(33(27)37)21-35-31-10-9-11-32(20-31)36-22-30-19-26(15-13-24(5)6)17-28(8-2)34(30)38;2*1-2(3)4;/h9-11,16-24,37-38H,7-8,12-15H2,1-6H3;2*1H3,(H,3,4);/q;;;+2/p-2. The molecule has 0 aromatic heterocycles. The van der Waals surface area contributed by atoms with Crippen molar-refractivity contribution in [3.63, 3.8) is 0 Å². The molecule has 3 aromatic carbocycles. The maximum atomic E-state index is 10.8. The Labute approximate surface area is 290 Å². The van der Waals surface area contributed by atoms with E-state index in [4.69, 9.17) is 19.8 Å². The van der Waals surface area contributed by atoms with E-state index in [1.54, 1.807) is 12.4 Å². The van der Waals surface area contributed by atoms with Gasteiger partial charge in [-0.1, -0.05) is 59.7 Å². The molecule has 3 rings (SSSR count). The number of carboxylic acid groups (broad SMARTS) is 2. The van der Waals surface area contributed by atoms with Crippen LogP contribution >= 0.6 is 0 Å². The molecule has 0 saturated heterocycles. The van der Waals surface area contributed by atoms with Gasteiger partial charge in [0.15, 0.2) is 0 Å². The first-order valence-electron chi connectivity index (χ1n) is 15.9. The second kappa shape index (κ2) is 22.6. The molecule has 0 aliphatic rings. The summed E-state index contributed by atoms with van der Waals surface area (Å²) in [4.78, 5) is 27.1. The molecule has 2 N–H and O–H groups in total. The van der Waals surface area contributed by atoms with Crippen molar-refractivity contribution in [2.75, 3.05) is 0 Å². The number of rotatable bonds is 12. The molecule has 0 aliphatic heterocycles. The first-order chi connectivity index (χ1) is 21.7. The molecule has 0 atom stereocenters. The summed E-state index contributed by atoms with van der Waals surface area (Å²) in [6, 6.07) is 16.0. The molecule has 47 heavy (non-hydrogen) atoms. The van der Waals surface area contributed by atoms with Crippen molar-refractivity contribution < 1.29 is 46.8 Å². The normalized spacial score (nSPS) is 10.8. The number of phenols is 2. The smallest absolute Gasteiger partial charge is 0.550 e. The van der Waals surface area contributed by atoms with Crippen LogP contribution in [0.4, 0.5) is 11.4 Å². The monoisotopic (exact) mass is 689 g/mol. The van der Waals surface area contributed by atoms with Gasteiger partial charge in [-0.3, -0.25) is 9.98 Å². The Kier molecular flexibility index (Phi) is 20.7. The fourth-order valence-electron chi connectivity index (χ4n) is 4.45. The van der Waals surface area contributed by atoms with E-state index in [9.17, 15) is 10.2 Å². The minimum Gasteiger partial charge on any atom is -0.550 e. The van der Waals surface area contributed by atoms with E-state index >= 15 is 0 Å². The van der Waals surface area contributed by atoms with E-state index in [-0.39, 0.29) is 16.8 Å². The Bertz CT molecular complexity index is 1370. The predicted molar refractivity (Wildman–Crippen MR) is 184 cm³/mol. The number of carboxylic acids is 2. The van der Waals surface area contributed by atoms with Crippen LogP contribution in [0.15, 0.2) is 58.5 Å². The molecule has 0 amide bonds. The van der Waals surface area contributed by atoms with Crippen LogP contribution < -0.4 is 10.2 Å². The number of aryl methyl sites for hydroxylation is 4. The van der Waals surface area contributed by atoms with Gasteiger partial charge in [0.1, 0.15) is 11.5 Å². The van der Waals surface area contributed by atoms with Crippen LogP contribution in [0.1, 0.15) is 102 Å². The van der Waals surface area contributed by atoms with Crippen LogP contribution in [0.3, 0.4) is 0 Å². The van der Waals surface area contributed by atoms with Crippen LogP contribution in [0.5, 0.6) is 11.5 Å². The average molecular weight is 690 g/mol. The number of hydrogen-bond donors (Lipinski definition) is 2. The second-order valence-electron chi connectivity index (χ2n) is 12.0. The van der Waals surface area contributed by atoms with Gasteiger partial charge in [-0.2, -0.15) is 0 Å². The maximum absolute atomic E-state index is 10.8. The number of benzene rings is 3. The van der Waals surface area contributed by atoms with Gasteiger partial charge >= 0.3 is 16.8 Å². The Hall–Kier alpha value is -3.95. The zero-order valence-electron chi connectivity index (χ0n) is 28.9. The molecule has 0 unspecified atom stereocenters. The molecule has 0 fully saturated rings. The summed E-state index contributed by atoms with van der Waals surface area (Å²) in [6.07, 6.45) is 9.24. The number of aliphatic carboxylic acids is 2. The van der Waals surface area contributed by atoms with E-state index in [1.165, 1.54) is 11.1 Å². The van der Waals surface area contributed by atoms with E-state index in [2.05, 4.69) is 63.7 Å². The summed E-state index contributed by atoms with van der Waals surface area (Å²) in [7, 11) is 0. The van der Waals surface area contributed by atoms with E-state index in [1.807, 2.05) is 36.4 Å². The maximum Gasteiger partial charge on any atom is 2.00 e. The minimum atomic E-state index is -1.08. The van der Waals surface area contributed by atoms with Gasteiger partial charge in [-0.15, -0.1) is 0 Å². The summed E-state index contributed by atoms with van der Waals surface area (Å²) in [5.41, 5.74) is 7.37. The number of nitrogens with zero attached hydrogens (tertiary/aromatic N) is 2. The molecule has 1 radical (unpaired) electrons. The number of phenolic OH excluding ortho intramolecular Hbond substituents is 2. The number of carbonyl (C=O) groups excluding carboxylic acids is 2. The van der Waals surface area contributed by atoms with Crippen molar-refractivity contribution in [3.8, 4) is 11.5 Å². The molecular formula is C38H50CoN2O6. The predicted octanol–water partition coefficient (Wildman–Crippen LogP) is 6.41. The first-order valence-corrected chi connectivity index (χ1v) is 15.9. The van der Waals surface area contributed by atoms with Crippen LogP contribution in [0, 0.1) is 11.8 Å². The third-order valence-electron chi connectivity index (χ3n) is 6.87. The van der Waals surface area contributed by atoms with Crippen molar-refractivity contribution in [1.29, 1.82) is 0 Å². The number of carbonyl (C=O) groups is 2. The molecule has 9 heteroatoms. The van der Waals surface area contributed by atoms with Crippen LogP contribution in [-0.4, -0.2) is 34.6 Å². The van der Waals surface area contributed by atoms with Crippen molar-refractivity contribution in [1.82, 2.24) is 0 Å². The van der Waals surface area contributed by atoms with Gasteiger partial charge < -0.3 is 30.0 Å². The van der Waals surface area contributed by atoms with Gasteiger partial charge in [-0.25, -0.2) is 0 Å². The molecule has 3 aromatic rings. The van der Waals surface area contributed by atoms with Crippen LogP contribution in [0.25, 0.3) is 0 Å². The third kappa shape index (κ3) is 17.5. The van der Waals surface area contributed by atoms with Gasteiger partial charge in [0, 0.05) is 35.5 Å². The molecule has 0 spiro atoms. The molecular weight excluding hydrogens is 639 g/mol. The Balaban J connectivity index is 0.00000211. The van der Waals surface area contributed by atoms with E-state index < -0.39 is 11.9 Å². The summed E-state index contributed by atoms with van der Waals surface area (Å²) in [5.74, 6) is -0.295. The summed E-state index contributed by atoms with van der Waals surface area (Å²) in [5, 5.41) is 39.3. The number of aromatic hydroxyl groups is 2. The second-order valence-corrected chi connectivity index (χ2v) is 12.0. The van der Waals surface area contributed by atoms with Gasteiger partial charge in [0.2, 0.25) is 0 Å². The molecule has 8 nitrogen and oxygen atoms in total. The molecule has 0 saturated carbocycles. The summed E-state index contributed by atoms with van der Waals surface area (Å²) < 4.78 is 0. The number of aliphatic imine (C=N–C) groups is 2. The number of hydrogen-bond acceptors (Lipinski definition) is 8. The average Bonchev–Trinajstić information content (AvgIpc) is 2.98. The molecule has 0 bridgehead atoms. The van der Waals surface area contributed by atoms with Crippen molar-refractivity contribution in [2.24, 2.45) is 21.8 Å². The largest absolute Gasteiger partial charge is 2.00 e. The Morgan fingerprint density at radius 3 is 1.34 bits per heavy atom. The SMILES string of the molecule is CC(=O)[O-].CC(=O)[O-].CCc1cc(CCC(C)C)cc(C=Nc2cccc(N=Cc3cc(CCC(C)C)cc(CC)c3O)c2)c1O.[Co+2]. The zero-order valence-corrected chi connectivity index (χ0v) is 30.0. The first kappa shape index (κ1) is 43.0. The van der Waals surface area contributed by atoms with E-state index in [0.29, 0.717) is 23.3 Å². The van der Waals surface area contributed by atoms with Crippen molar-refractivity contribution in [3.05, 3.63) is 81.9 Å². The Morgan fingerprint density at radius 1 is 0.702 bits per heavy atom.